The molecule has 0 aliphatic carbocycles. The monoisotopic (exact) mass is 288 g/mol. The molecule has 0 radical (unpaired) electrons. The molecule has 1 heterocycles. The van der Waals surface area contributed by atoms with E-state index in [-0.39, 0.29) is 0 Å². The maximum Gasteiger partial charge on any atom is 0.0332 e. The molecule has 2 rings (SSSR count). The Hall–Kier alpha value is -0.860. The average Bonchev–Trinajstić information content (AvgIpc) is 2.91. The Morgan fingerprint density at radius 3 is 2.90 bits per heavy atom. The van der Waals surface area contributed by atoms with Gasteiger partial charge in [-0.05, 0) is 57.3 Å². The summed E-state index contributed by atoms with van der Waals surface area (Å²) in [6.07, 6.45) is 5.37. The summed E-state index contributed by atoms with van der Waals surface area (Å²) in [4.78, 5) is 2.67. The third-order valence-corrected chi connectivity index (χ3v) is 4.70. The molecule has 2 unspecified atom stereocenters. The van der Waals surface area contributed by atoms with Gasteiger partial charge in [0.15, 0.2) is 0 Å². The summed E-state index contributed by atoms with van der Waals surface area (Å²) >= 11 is 0. The highest BCUT2D eigenvalue weighted by atomic mass is 15.1. The standard InChI is InChI=1S/C19H32N2/c1-4-7-17-10-12-21(15-17)13-11-19(20-5-2)18-9-6-8-16(3)14-18/h6,8-9,14,17,19-20H,4-5,7,10-13,15H2,1-3H3. The number of rotatable bonds is 8. The summed E-state index contributed by atoms with van der Waals surface area (Å²) in [7, 11) is 0. The highest BCUT2D eigenvalue weighted by molar-refractivity contribution is 5.25. The van der Waals surface area contributed by atoms with Gasteiger partial charge in [0, 0.05) is 12.6 Å². The lowest BCUT2D eigenvalue weighted by molar-refractivity contribution is 0.297. The van der Waals surface area contributed by atoms with Gasteiger partial charge in [0.05, 0.1) is 0 Å². The Morgan fingerprint density at radius 1 is 1.33 bits per heavy atom. The normalized spacial score (nSPS) is 20.8. The summed E-state index contributed by atoms with van der Waals surface area (Å²) < 4.78 is 0. The molecule has 0 amide bonds. The lowest BCUT2D eigenvalue weighted by Gasteiger charge is -2.23. The molecule has 0 saturated carbocycles. The van der Waals surface area contributed by atoms with Crippen LogP contribution in [0.25, 0.3) is 0 Å². The van der Waals surface area contributed by atoms with Crippen LogP contribution in [0, 0.1) is 12.8 Å². The van der Waals surface area contributed by atoms with Crippen LogP contribution in [0.4, 0.5) is 0 Å². The van der Waals surface area contributed by atoms with Crippen LogP contribution < -0.4 is 5.32 Å². The summed E-state index contributed by atoms with van der Waals surface area (Å²) in [6.45, 7) is 11.6. The Labute approximate surface area is 130 Å². The molecule has 1 fully saturated rings. The minimum Gasteiger partial charge on any atom is -0.310 e. The molecular weight excluding hydrogens is 256 g/mol. The average molecular weight is 288 g/mol. The topological polar surface area (TPSA) is 15.3 Å². The van der Waals surface area contributed by atoms with Crippen molar-refractivity contribution in [2.75, 3.05) is 26.2 Å². The second kappa shape index (κ2) is 8.55. The smallest absolute Gasteiger partial charge is 0.0332 e. The number of hydrogen-bond donors (Lipinski definition) is 1. The molecule has 0 bridgehead atoms. The fourth-order valence-corrected chi connectivity index (χ4v) is 3.59. The zero-order valence-electron chi connectivity index (χ0n) is 14.1. The van der Waals surface area contributed by atoms with Crippen LogP contribution >= 0.6 is 0 Å². The number of hydrogen-bond acceptors (Lipinski definition) is 2. The summed E-state index contributed by atoms with van der Waals surface area (Å²) in [6, 6.07) is 9.46. The molecule has 0 aromatic heterocycles. The van der Waals surface area contributed by atoms with E-state index < -0.39 is 0 Å². The van der Waals surface area contributed by atoms with E-state index in [4.69, 9.17) is 0 Å². The van der Waals surface area contributed by atoms with E-state index in [1.165, 1.54) is 56.4 Å². The number of benzene rings is 1. The van der Waals surface area contributed by atoms with Gasteiger partial charge in [0.1, 0.15) is 0 Å². The first-order valence-corrected chi connectivity index (χ1v) is 8.75. The maximum absolute atomic E-state index is 3.66. The first-order valence-electron chi connectivity index (χ1n) is 8.75. The summed E-state index contributed by atoms with van der Waals surface area (Å²) in [5.74, 6) is 0.951. The molecule has 1 aliphatic rings. The molecule has 2 nitrogen and oxygen atoms in total. The highest BCUT2D eigenvalue weighted by Crippen LogP contribution is 2.23. The van der Waals surface area contributed by atoms with Gasteiger partial charge in [-0.1, -0.05) is 50.1 Å². The van der Waals surface area contributed by atoms with E-state index in [9.17, 15) is 0 Å². The van der Waals surface area contributed by atoms with E-state index >= 15 is 0 Å². The van der Waals surface area contributed by atoms with E-state index in [2.05, 4.69) is 55.3 Å². The predicted molar refractivity (Wildman–Crippen MR) is 91.7 cm³/mol. The molecule has 0 spiro atoms. The third-order valence-electron chi connectivity index (χ3n) is 4.70. The Morgan fingerprint density at radius 2 is 2.19 bits per heavy atom. The van der Waals surface area contributed by atoms with Gasteiger partial charge in [0.25, 0.3) is 0 Å². The molecular formula is C19H32N2. The molecule has 118 valence electrons. The van der Waals surface area contributed by atoms with Crippen molar-refractivity contribution in [2.24, 2.45) is 5.92 Å². The van der Waals surface area contributed by atoms with Gasteiger partial charge in [-0.2, -0.15) is 0 Å². The van der Waals surface area contributed by atoms with Crippen molar-refractivity contribution in [3.05, 3.63) is 35.4 Å². The number of likely N-dealkylation sites (tertiary alicyclic amines) is 1. The van der Waals surface area contributed by atoms with Crippen LogP contribution in [0.3, 0.4) is 0 Å². The van der Waals surface area contributed by atoms with Crippen molar-refractivity contribution < 1.29 is 0 Å². The fourth-order valence-electron chi connectivity index (χ4n) is 3.59. The third kappa shape index (κ3) is 5.12. The quantitative estimate of drug-likeness (QED) is 0.773. The van der Waals surface area contributed by atoms with E-state index in [0.717, 1.165) is 12.5 Å². The van der Waals surface area contributed by atoms with Crippen molar-refractivity contribution >= 4 is 0 Å². The SMILES string of the molecule is CCCC1CCN(CCC(NCC)c2cccc(C)c2)C1. The van der Waals surface area contributed by atoms with Crippen LogP contribution in [0.1, 0.15) is 56.7 Å². The van der Waals surface area contributed by atoms with E-state index in [0.29, 0.717) is 6.04 Å². The zero-order chi connectivity index (χ0) is 15.1. The summed E-state index contributed by atoms with van der Waals surface area (Å²) in [5.41, 5.74) is 2.81. The first kappa shape index (κ1) is 16.5. The minimum atomic E-state index is 0.500. The van der Waals surface area contributed by atoms with Crippen LogP contribution in [0.2, 0.25) is 0 Å². The second-order valence-electron chi connectivity index (χ2n) is 6.56. The Bertz CT molecular complexity index is 416. The first-order chi connectivity index (χ1) is 10.2. The zero-order valence-corrected chi connectivity index (χ0v) is 14.1. The predicted octanol–water partition coefficient (Wildman–Crippen LogP) is 4.16. The van der Waals surface area contributed by atoms with Gasteiger partial charge in [0.2, 0.25) is 0 Å². The largest absolute Gasteiger partial charge is 0.310 e. The Kier molecular flexibility index (Phi) is 6.72. The lowest BCUT2D eigenvalue weighted by atomic mass is 10.0. The van der Waals surface area contributed by atoms with Gasteiger partial charge < -0.3 is 10.2 Å². The molecule has 1 aromatic carbocycles. The molecule has 1 aromatic rings. The Balaban J connectivity index is 1.86. The number of nitrogens with zero attached hydrogens (tertiary/aromatic N) is 1. The van der Waals surface area contributed by atoms with Crippen LogP contribution in [-0.2, 0) is 0 Å². The van der Waals surface area contributed by atoms with Gasteiger partial charge >= 0.3 is 0 Å². The molecule has 1 aliphatic heterocycles. The molecule has 21 heavy (non-hydrogen) atoms. The van der Waals surface area contributed by atoms with Crippen molar-refractivity contribution in [1.29, 1.82) is 0 Å². The van der Waals surface area contributed by atoms with E-state index in [1.54, 1.807) is 0 Å². The molecule has 2 heteroatoms. The van der Waals surface area contributed by atoms with Gasteiger partial charge in [-0.25, -0.2) is 0 Å². The van der Waals surface area contributed by atoms with Crippen molar-refractivity contribution in [3.8, 4) is 0 Å². The summed E-state index contributed by atoms with van der Waals surface area (Å²) in [5, 5.41) is 3.66. The molecule has 1 N–H and O–H groups in total. The van der Waals surface area contributed by atoms with Crippen LogP contribution in [0.15, 0.2) is 24.3 Å². The second-order valence-corrected chi connectivity index (χ2v) is 6.56. The maximum atomic E-state index is 3.66. The number of nitrogens with one attached hydrogen (secondary N) is 1. The van der Waals surface area contributed by atoms with Gasteiger partial charge in [-0.15, -0.1) is 0 Å². The van der Waals surface area contributed by atoms with Crippen molar-refractivity contribution in [3.63, 3.8) is 0 Å². The van der Waals surface area contributed by atoms with Crippen LogP contribution in [-0.4, -0.2) is 31.1 Å². The van der Waals surface area contributed by atoms with Crippen molar-refractivity contribution in [2.45, 2.75) is 52.5 Å². The van der Waals surface area contributed by atoms with Crippen molar-refractivity contribution in [1.82, 2.24) is 10.2 Å². The fraction of sp³-hybridized carbons (Fsp3) is 0.684. The molecule has 2 atom stereocenters. The lowest BCUT2D eigenvalue weighted by Crippen LogP contribution is -2.28. The number of aryl methyl sites for hydroxylation is 1. The highest BCUT2D eigenvalue weighted by Gasteiger charge is 2.22. The van der Waals surface area contributed by atoms with Crippen LogP contribution in [0.5, 0.6) is 0 Å². The van der Waals surface area contributed by atoms with Gasteiger partial charge in [-0.3, -0.25) is 0 Å². The van der Waals surface area contributed by atoms with E-state index in [1.807, 2.05) is 0 Å². The molecule has 1 saturated heterocycles. The minimum absolute atomic E-state index is 0.500.